The van der Waals surface area contributed by atoms with Crippen molar-refractivity contribution >= 4 is 61.2 Å². The van der Waals surface area contributed by atoms with Crippen LogP contribution < -0.4 is 0 Å². The zero-order valence-electron chi connectivity index (χ0n) is 9.67. The van der Waals surface area contributed by atoms with Crippen LogP contribution in [-0.4, -0.2) is 66.3 Å². The second-order valence-electron chi connectivity index (χ2n) is 4.37. The van der Waals surface area contributed by atoms with Gasteiger partial charge in [0.1, 0.15) is 6.29 Å². The molecule has 78 valence electrons. The molecule has 0 spiro atoms. The van der Waals surface area contributed by atoms with Crippen LogP contribution >= 0.6 is 0 Å². The van der Waals surface area contributed by atoms with E-state index in [0.717, 1.165) is 25.5 Å². The third-order valence-electron chi connectivity index (χ3n) is 1.55. The van der Waals surface area contributed by atoms with Crippen LogP contribution in [0.3, 0.4) is 0 Å². The van der Waals surface area contributed by atoms with Gasteiger partial charge in [0.05, 0.1) is 0 Å². The first kappa shape index (κ1) is 17.2. The van der Waals surface area contributed by atoms with E-state index in [1.807, 2.05) is 0 Å². The van der Waals surface area contributed by atoms with E-state index in [4.69, 9.17) is 5.11 Å². The Balaban J connectivity index is 0. The predicted octanol–water partition coefficient (Wildman–Crippen LogP) is 2.06. The average molecular weight is 226 g/mol. The van der Waals surface area contributed by atoms with Crippen LogP contribution in [0.2, 0.25) is 0.515 Å². The molecule has 3 nitrogen and oxygen atoms in total. The van der Waals surface area contributed by atoms with Crippen LogP contribution in [-0.2, 0) is 9.59 Å². The van der Waals surface area contributed by atoms with Crippen molar-refractivity contribution < 1.29 is 14.7 Å². The molecule has 0 radical (unpaired) electrons. The molecule has 0 aliphatic rings. The van der Waals surface area contributed by atoms with Gasteiger partial charge in [-0.2, -0.15) is 0 Å². The van der Waals surface area contributed by atoms with Gasteiger partial charge >= 0.3 is 65.3 Å². The van der Waals surface area contributed by atoms with E-state index in [-0.39, 0.29) is 0 Å². The maximum atomic E-state index is 9.89. The monoisotopic (exact) mass is 226 g/mol. The van der Waals surface area contributed by atoms with E-state index in [1.165, 1.54) is 0 Å². The van der Waals surface area contributed by atoms with Crippen molar-refractivity contribution in [2.75, 3.05) is 0 Å². The summed E-state index contributed by atoms with van der Waals surface area (Å²) in [5.74, 6) is -0.662. The van der Waals surface area contributed by atoms with Gasteiger partial charge in [0, 0.05) is 6.42 Å². The van der Waals surface area contributed by atoms with Gasteiger partial charge in [-0.1, -0.05) is 20.8 Å². The molecule has 0 unspecified atom stereocenters. The van der Waals surface area contributed by atoms with Gasteiger partial charge in [-0.3, -0.25) is 0 Å². The summed E-state index contributed by atoms with van der Waals surface area (Å²) in [6.45, 7) is 6.58. The zero-order valence-corrected chi connectivity index (χ0v) is 12.8. The molecule has 1 N–H and O–H groups in total. The molecule has 0 heterocycles. The molecule has 0 saturated heterocycles. The molecule has 0 rings (SSSR count). The van der Waals surface area contributed by atoms with E-state index in [1.54, 1.807) is 0 Å². The van der Waals surface area contributed by atoms with Crippen molar-refractivity contribution in [1.29, 1.82) is 0 Å². The summed E-state index contributed by atoms with van der Waals surface area (Å²) in [4.78, 5) is 19.3. The predicted molar refractivity (Wildman–Crippen MR) is 57.6 cm³/mol. The van der Waals surface area contributed by atoms with Crippen molar-refractivity contribution in [2.45, 2.75) is 40.5 Å². The Bertz CT molecular complexity index is 161. The Hall–Kier alpha value is 0.776. The van der Waals surface area contributed by atoms with Gasteiger partial charge in [-0.25, -0.2) is 0 Å². The third-order valence-corrected chi connectivity index (χ3v) is 2.50. The van der Waals surface area contributed by atoms with Gasteiger partial charge in [-0.05, 0) is 18.3 Å². The molecule has 4 heteroatoms. The molecule has 0 fully saturated rings. The fraction of sp³-hybridized carbons (Fsp3) is 0.800. The molecule has 0 saturated carbocycles. The number of hydrogen-bond acceptors (Lipinski definition) is 2. The van der Waals surface area contributed by atoms with Crippen LogP contribution in [0.15, 0.2) is 0 Å². The van der Waals surface area contributed by atoms with Gasteiger partial charge < -0.3 is 4.79 Å². The number of carboxylic acids is 1. The van der Waals surface area contributed by atoms with Gasteiger partial charge in [0.15, 0.2) is 0 Å². The average Bonchev–Trinajstić information content (AvgIpc) is 2.04. The molecule has 0 amide bonds. The molecule has 0 aliphatic heterocycles. The van der Waals surface area contributed by atoms with Crippen LogP contribution in [0.25, 0.3) is 0 Å². The Morgan fingerprint density at radius 3 is 2.07 bits per heavy atom. The number of hydrogen-bond donors (Lipinski definition) is 1. The van der Waals surface area contributed by atoms with Crippen LogP contribution in [0, 0.1) is 5.41 Å². The second kappa shape index (κ2) is 10.3. The van der Waals surface area contributed by atoms with E-state index < -0.39 is 5.97 Å². The van der Waals surface area contributed by atoms with Crippen LogP contribution in [0.1, 0.15) is 40.0 Å². The first-order chi connectivity index (χ1) is 6.33. The molecule has 0 atom stereocenters. The molecular formula is C10H19KO3. The van der Waals surface area contributed by atoms with E-state index in [0.29, 0.717) is 54.9 Å². The molecular weight excluding hydrogens is 207 g/mol. The summed E-state index contributed by atoms with van der Waals surface area (Å²) < 4.78 is 0.410. The van der Waals surface area contributed by atoms with Crippen molar-refractivity contribution in [3.8, 4) is 0 Å². The second-order valence-corrected chi connectivity index (χ2v) is 5.47. The van der Waals surface area contributed by atoms with Crippen molar-refractivity contribution in [3.63, 3.8) is 0 Å². The summed E-state index contributed by atoms with van der Waals surface area (Å²) in [7, 11) is 0. The fourth-order valence-corrected chi connectivity index (χ4v) is 0.716. The van der Waals surface area contributed by atoms with Crippen molar-refractivity contribution in [1.82, 2.24) is 0 Å². The normalized spacial score (nSPS) is 10.1. The minimum absolute atomic E-state index is 0.392. The van der Waals surface area contributed by atoms with E-state index >= 15 is 0 Å². The minimum atomic E-state index is -0.662. The molecule has 14 heavy (non-hydrogen) atoms. The fourth-order valence-electron chi connectivity index (χ4n) is 0.716. The molecule has 0 aromatic heterocycles. The Labute approximate surface area is 120 Å². The standard InChI is InChI=1S/C8H16O.C2H3O2.K/c1-8(2,3)6-4-5-7-9;1-2(3)4;/h7H,4-6H2,1-3H3;1H2,(H,3,4);. The van der Waals surface area contributed by atoms with Gasteiger partial charge in [0.25, 0.3) is 0 Å². The zero-order chi connectivity index (χ0) is 11.6. The molecule has 0 aromatic carbocycles. The molecule has 0 aliphatic carbocycles. The number of aldehydes is 1. The Morgan fingerprint density at radius 1 is 1.43 bits per heavy atom. The topological polar surface area (TPSA) is 54.4 Å². The first-order valence-corrected chi connectivity index (χ1v) is 7.19. The van der Waals surface area contributed by atoms with Gasteiger partial charge in [0.2, 0.25) is 0 Å². The Morgan fingerprint density at radius 2 is 1.86 bits per heavy atom. The number of rotatable bonds is 4. The summed E-state index contributed by atoms with van der Waals surface area (Å²) in [6.07, 6.45) is 3.89. The maximum absolute atomic E-state index is 9.89. The number of carbonyl (C=O) groups excluding carboxylic acids is 1. The summed E-state index contributed by atoms with van der Waals surface area (Å²) in [5, 5.41) is 7.77. The Kier molecular flexibility index (Phi) is 12.6. The van der Waals surface area contributed by atoms with Crippen molar-refractivity contribution in [2.24, 2.45) is 5.41 Å². The summed E-state index contributed by atoms with van der Waals surface area (Å²) in [5.41, 5.74) is 0.392. The van der Waals surface area contributed by atoms with Crippen molar-refractivity contribution in [3.05, 3.63) is 0 Å². The number of carboxylic acid groups (broad SMARTS) is 1. The van der Waals surface area contributed by atoms with Crippen LogP contribution in [0.5, 0.6) is 0 Å². The van der Waals surface area contributed by atoms with Gasteiger partial charge in [-0.15, -0.1) is 0 Å². The summed E-state index contributed by atoms with van der Waals surface area (Å²) >= 11 is 0.485. The van der Waals surface area contributed by atoms with E-state index in [9.17, 15) is 9.59 Å². The van der Waals surface area contributed by atoms with Crippen LogP contribution in [0.4, 0.5) is 0 Å². The molecule has 0 aromatic rings. The quantitative estimate of drug-likeness (QED) is 0.453. The number of carbonyl (C=O) groups is 2. The number of aliphatic carboxylic acids is 1. The first-order valence-electron chi connectivity index (χ1n) is 4.99. The molecule has 0 bridgehead atoms. The number of unbranched alkanes of at least 4 members (excludes halogenated alkanes) is 1. The SMILES string of the molecule is CC(C)(C)CCCC=O.O=C(O)[CH2][K]. The summed E-state index contributed by atoms with van der Waals surface area (Å²) in [6, 6.07) is 0. The third kappa shape index (κ3) is 23.0. The van der Waals surface area contributed by atoms with E-state index in [2.05, 4.69) is 20.8 Å².